The first-order chi connectivity index (χ1) is 14.3. The lowest BCUT2D eigenvalue weighted by atomic mass is 10.1. The summed E-state index contributed by atoms with van der Waals surface area (Å²) in [4.78, 5) is 41.6. The lowest BCUT2D eigenvalue weighted by Crippen LogP contribution is -2.30. The number of para-hydroxylation sites is 1. The summed E-state index contributed by atoms with van der Waals surface area (Å²) in [5, 5.41) is 6.34. The smallest absolute Gasteiger partial charge is 0.261 e. The predicted molar refractivity (Wildman–Crippen MR) is 118 cm³/mol. The van der Waals surface area contributed by atoms with Crippen molar-refractivity contribution in [1.29, 1.82) is 0 Å². The molecule has 2 amide bonds. The molecule has 7 nitrogen and oxygen atoms in total. The Morgan fingerprint density at radius 2 is 1.97 bits per heavy atom. The number of carbonyl (C=O) groups is 2. The Balaban J connectivity index is 1.71. The summed E-state index contributed by atoms with van der Waals surface area (Å²) >= 11 is 6.16. The molecule has 8 heteroatoms. The Kier molecular flexibility index (Phi) is 6.52. The van der Waals surface area contributed by atoms with Crippen LogP contribution in [0.4, 0.5) is 5.69 Å². The van der Waals surface area contributed by atoms with Gasteiger partial charge in [-0.15, -0.1) is 0 Å². The predicted octanol–water partition coefficient (Wildman–Crippen LogP) is 3.53. The van der Waals surface area contributed by atoms with E-state index in [0.717, 1.165) is 5.56 Å². The summed E-state index contributed by atoms with van der Waals surface area (Å²) in [6.45, 7) is 5.79. The number of amides is 2. The number of carbonyl (C=O) groups excluding carboxylic acids is 2. The third kappa shape index (κ3) is 4.86. The SMILES string of the molecule is Cc1cccc2c(=O)n(CCC(=O)Nc3cc(C(=O)NC(C)C)ccc3Cl)cnc12. The van der Waals surface area contributed by atoms with E-state index in [1.807, 2.05) is 32.9 Å². The van der Waals surface area contributed by atoms with E-state index in [9.17, 15) is 14.4 Å². The van der Waals surface area contributed by atoms with Crippen molar-refractivity contribution in [2.45, 2.75) is 39.8 Å². The maximum atomic E-state index is 12.6. The first-order valence-corrected chi connectivity index (χ1v) is 9.99. The quantitative estimate of drug-likeness (QED) is 0.630. The second-order valence-corrected chi connectivity index (χ2v) is 7.74. The maximum absolute atomic E-state index is 12.6. The fourth-order valence-electron chi connectivity index (χ4n) is 3.04. The Labute approximate surface area is 179 Å². The normalized spacial score (nSPS) is 11.0. The molecule has 0 atom stereocenters. The second kappa shape index (κ2) is 9.09. The molecule has 2 aromatic carbocycles. The van der Waals surface area contributed by atoms with Gasteiger partial charge in [0.15, 0.2) is 0 Å². The number of nitrogens with one attached hydrogen (secondary N) is 2. The molecule has 30 heavy (non-hydrogen) atoms. The van der Waals surface area contributed by atoms with Crippen LogP contribution < -0.4 is 16.2 Å². The highest BCUT2D eigenvalue weighted by Crippen LogP contribution is 2.23. The summed E-state index contributed by atoms with van der Waals surface area (Å²) in [7, 11) is 0. The van der Waals surface area contributed by atoms with Crippen molar-refractivity contribution in [1.82, 2.24) is 14.9 Å². The van der Waals surface area contributed by atoms with E-state index in [0.29, 0.717) is 27.2 Å². The average molecular weight is 427 g/mol. The highest BCUT2D eigenvalue weighted by atomic mass is 35.5. The molecule has 0 bridgehead atoms. The van der Waals surface area contributed by atoms with Crippen LogP contribution in [-0.2, 0) is 11.3 Å². The second-order valence-electron chi connectivity index (χ2n) is 7.34. The Bertz CT molecular complexity index is 1170. The molecule has 0 spiro atoms. The molecule has 0 saturated heterocycles. The zero-order valence-electron chi connectivity index (χ0n) is 17.0. The first-order valence-electron chi connectivity index (χ1n) is 9.61. The molecule has 3 rings (SSSR count). The maximum Gasteiger partial charge on any atom is 0.261 e. The van der Waals surface area contributed by atoms with E-state index in [-0.39, 0.29) is 36.4 Å². The van der Waals surface area contributed by atoms with Crippen molar-refractivity contribution >= 4 is 40.0 Å². The highest BCUT2D eigenvalue weighted by molar-refractivity contribution is 6.33. The van der Waals surface area contributed by atoms with Crippen LogP contribution in [0.5, 0.6) is 0 Å². The molecule has 0 aliphatic carbocycles. The monoisotopic (exact) mass is 426 g/mol. The van der Waals surface area contributed by atoms with Gasteiger partial charge in [0, 0.05) is 24.6 Å². The van der Waals surface area contributed by atoms with Crippen LogP contribution in [0.3, 0.4) is 0 Å². The molecule has 0 unspecified atom stereocenters. The molecule has 3 aromatic rings. The zero-order chi connectivity index (χ0) is 21.8. The van der Waals surface area contributed by atoms with Crippen LogP contribution in [0.25, 0.3) is 10.9 Å². The molecule has 156 valence electrons. The van der Waals surface area contributed by atoms with Crippen molar-refractivity contribution in [2.75, 3.05) is 5.32 Å². The van der Waals surface area contributed by atoms with Gasteiger partial charge in [0.1, 0.15) is 0 Å². The lowest BCUT2D eigenvalue weighted by Gasteiger charge is -2.12. The average Bonchev–Trinajstić information content (AvgIpc) is 2.69. The zero-order valence-corrected chi connectivity index (χ0v) is 17.8. The Morgan fingerprint density at radius 1 is 1.20 bits per heavy atom. The van der Waals surface area contributed by atoms with Crippen LogP contribution in [0.2, 0.25) is 5.02 Å². The first kappa shape index (κ1) is 21.5. The van der Waals surface area contributed by atoms with E-state index in [4.69, 9.17) is 11.6 Å². The number of rotatable bonds is 6. The number of anilines is 1. The van der Waals surface area contributed by atoms with Crippen molar-refractivity contribution in [3.05, 3.63) is 69.2 Å². The van der Waals surface area contributed by atoms with Gasteiger partial charge >= 0.3 is 0 Å². The number of aromatic nitrogens is 2. The van der Waals surface area contributed by atoms with Gasteiger partial charge in [-0.25, -0.2) is 4.98 Å². The van der Waals surface area contributed by atoms with Crippen LogP contribution in [-0.4, -0.2) is 27.4 Å². The van der Waals surface area contributed by atoms with Crippen molar-refractivity contribution in [3.63, 3.8) is 0 Å². The summed E-state index contributed by atoms with van der Waals surface area (Å²) in [5.41, 5.74) is 2.13. The molecule has 1 heterocycles. The van der Waals surface area contributed by atoms with Gasteiger partial charge in [0.2, 0.25) is 5.91 Å². The van der Waals surface area contributed by atoms with Crippen molar-refractivity contribution < 1.29 is 9.59 Å². The molecule has 2 N–H and O–H groups in total. The summed E-state index contributed by atoms with van der Waals surface area (Å²) in [6, 6.07) is 10.1. The van der Waals surface area contributed by atoms with Gasteiger partial charge in [0.25, 0.3) is 11.5 Å². The highest BCUT2D eigenvalue weighted by Gasteiger charge is 2.13. The number of benzene rings is 2. The lowest BCUT2D eigenvalue weighted by molar-refractivity contribution is -0.116. The summed E-state index contributed by atoms with van der Waals surface area (Å²) in [5.74, 6) is -0.573. The summed E-state index contributed by atoms with van der Waals surface area (Å²) < 4.78 is 1.41. The molecular weight excluding hydrogens is 404 g/mol. The molecule has 1 aromatic heterocycles. The van der Waals surface area contributed by atoms with Gasteiger partial charge in [-0.3, -0.25) is 19.0 Å². The van der Waals surface area contributed by atoms with E-state index in [1.165, 1.54) is 17.0 Å². The summed E-state index contributed by atoms with van der Waals surface area (Å²) in [6.07, 6.45) is 1.51. The number of aryl methyl sites for hydroxylation is 2. The van der Waals surface area contributed by atoms with Gasteiger partial charge in [-0.1, -0.05) is 23.7 Å². The van der Waals surface area contributed by atoms with Crippen LogP contribution in [0.15, 0.2) is 47.5 Å². The minimum absolute atomic E-state index is 0.0103. The van der Waals surface area contributed by atoms with Gasteiger partial charge in [-0.2, -0.15) is 0 Å². The fourth-order valence-corrected chi connectivity index (χ4v) is 3.20. The molecule has 0 fully saturated rings. The van der Waals surface area contributed by atoms with E-state index in [2.05, 4.69) is 15.6 Å². The third-order valence-electron chi connectivity index (χ3n) is 4.56. The molecule has 0 aliphatic heterocycles. The number of nitrogens with zero attached hydrogens (tertiary/aromatic N) is 2. The van der Waals surface area contributed by atoms with Crippen LogP contribution >= 0.6 is 11.6 Å². The number of hydrogen-bond donors (Lipinski definition) is 2. The Morgan fingerprint density at radius 3 is 2.70 bits per heavy atom. The van der Waals surface area contributed by atoms with E-state index in [1.54, 1.807) is 18.2 Å². The third-order valence-corrected chi connectivity index (χ3v) is 4.89. The van der Waals surface area contributed by atoms with Crippen LogP contribution in [0, 0.1) is 6.92 Å². The largest absolute Gasteiger partial charge is 0.350 e. The standard InChI is InChI=1S/C22H23ClN4O3/c1-13(2)25-21(29)15-7-8-17(23)18(11-15)26-19(28)9-10-27-12-24-20-14(3)5-4-6-16(20)22(27)30/h4-8,11-13H,9-10H2,1-3H3,(H,25,29)(H,26,28). The number of halogens is 1. The molecule has 0 aliphatic rings. The van der Waals surface area contributed by atoms with E-state index < -0.39 is 0 Å². The minimum atomic E-state index is -0.324. The minimum Gasteiger partial charge on any atom is -0.350 e. The Hall–Kier alpha value is -3.19. The number of fused-ring (bicyclic) bond motifs is 1. The topological polar surface area (TPSA) is 93.1 Å². The van der Waals surface area contributed by atoms with Gasteiger partial charge in [-0.05, 0) is 50.6 Å². The molecule has 0 radical (unpaired) electrons. The molecular formula is C22H23ClN4O3. The number of hydrogen-bond acceptors (Lipinski definition) is 4. The van der Waals surface area contributed by atoms with Crippen LogP contribution in [0.1, 0.15) is 36.2 Å². The van der Waals surface area contributed by atoms with E-state index >= 15 is 0 Å². The molecule has 0 saturated carbocycles. The van der Waals surface area contributed by atoms with Crippen molar-refractivity contribution in [2.24, 2.45) is 0 Å². The van der Waals surface area contributed by atoms with Gasteiger partial charge < -0.3 is 10.6 Å². The van der Waals surface area contributed by atoms with Crippen molar-refractivity contribution in [3.8, 4) is 0 Å². The fraction of sp³-hybridized carbons (Fsp3) is 0.273. The van der Waals surface area contributed by atoms with Gasteiger partial charge in [0.05, 0.1) is 27.9 Å².